The zero-order valence-corrected chi connectivity index (χ0v) is 11.0. The SMILES string of the molecule is OC(CCOCC(F)(F)F)c1cnnn1-c1ccccc1. The van der Waals surface area contributed by atoms with Gasteiger partial charge < -0.3 is 9.84 Å². The van der Waals surface area contributed by atoms with Crippen molar-refractivity contribution in [2.75, 3.05) is 13.2 Å². The first-order valence-electron chi connectivity index (χ1n) is 6.26. The molecule has 0 fully saturated rings. The summed E-state index contributed by atoms with van der Waals surface area (Å²) in [7, 11) is 0. The molecule has 2 rings (SSSR count). The number of halogens is 3. The van der Waals surface area contributed by atoms with Gasteiger partial charge in [-0.15, -0.1) is 5.10 Å². The van der Waals surface area contributed by atoms with Gasteiger partial charge in [-0.05, 0) is 12.1 Å². The summed E-state index contributed by atoms with van der Waals surface area (Å²) in [4.78, 5) is 0. The second kappa shape index (κ2) is 6.68. The van der Waals surface area contributed by atoms with Crippen LogP contribution >= 0.6 is 0 Å². The molecule has 0 spiro atoms. The molecule has 1 heterocycles. The molecule has 0 aliphatic heterocycles. The largest absolute Gasteiger partial charge is 0.411 e. The number of ether oxygens (including phenoxy) is 1. The van der Waals surface area contributed by atoms with Crippen LogP contribution in [-0.2, 0) is 4.74 Å². The molecule has 0 aliphatic rings. The minimum Gasteiger partial charge on any atom is -0.387 e. The van der Waals surface area contributed by atoms with Crippen LogP contribution in [0.4, 0.5) is 13.2 Å². The fourth-order valence-corrected chi connectivity index (χ4v) is 1.77. The third-order valence-corrected chi connectivity index (χ3v) is 2.72. The van der Waals surface area contributed by atoms with Crippen molar-refractivity contribution in [1.29, 1.82) is 0 Å². The number of para-hydroxylation sites is 1. The molecule has 1 unspecified atom stereocenters. The van der Waals surface area contributed by atoms with E-state index in [4.69, 9.17) is 0 Å². The Kier molecular flexibility index (Phi) is 4.92. The van der Waals surface area contributed by atoms with E-state index < -0.39 is 18.9 Å². The molecule has 8 heteroatoms. The van der Waals surface area contributed by atoms with Crippen LogP contribution in [0, 0.1) is 0 Å². The third kappa shape index (κ3) is 4.54. The Hall–Kier alpha value is -1.93. The normalized spacial score (nSPS) is 13.3. The van der Waals surface area contributed by atoms with Gasteiger partial charge in [0.15, 0.2) is 0 Å². The Morgan fingerprint density at radius 2 is 1.95 bits per heavy atom. The van der Waals surface area contributed by atoms with E-state index in [1.54, 1.807) is 24.3 Å². The van der Waals surface area contributed by atoms with Crippen LogP contribution in [-0.4, -0.2) is 39.5 Å². The number of aromatic nitrogens is 3. The van der Waals surface area contributed by atoms with Crippen LogP contribution in [0.2, 0.25) is 0 Å². The van der Waals surface area contributed by atoms with Crippen molar-refractivity contribution in [2.45, 2.75) is 18.7 Å². The first-order valence-corrected chi connectivity index (χ1v) is 6.26. The Morgan fingerprint density at radius 3 is 2.62 bits per heavy atom. The zero-order valence-electron chi connectivity index (χ0n) is 11.0. The first-order chi connectivity index (χ1) is 9.97. The lowest BCUT2D eigenvalue weighted by molar-refractivity contribution is -0.175. The first kappa shape index (κ1) is 15.5. The number of benzene rings is 1. The minimum atomic E-state index is -4.36. The summed E-state index contributed by atoms with van der Waals surface area (Å²) in [6.07, 6.45) is -3.97. The number of alkyl halides is 3. The van der Waals surface area contributed by atoms with Crippen molar-refractivity contribution >= 4 is 0 Å². The predicted molar refractivity (Wildman–Crippen MR) is 67.8 cm³/mol. The van der Waals surface area contributed by atoms with E-state index in [-0.39, 0.29) is 13.0 Å². The lowest BCUT2D eigenvalue weighted by atomic mass is 10.2. The van der Waals surface area contributed by atoms with E-state index in [1.807, 2.05) is 6.07 Å². The fourth-order valence-electron chi connectivity index (χ4n) is 1.77. The smallest absolute Gasteiger partial charge is 0.387 e. The van der Waals surface area contributed by atoms with Gasteiger partial charge in [0.25, 0.3) is 0 Å². The molecule has 1 N–H and O–H groups in total. The molecular formula is C13H14F3N3O2. The summed E-state index contributed by atoms with van der Waals surface area (Å²) in [5.41, 5.74) is 1.11. The summed E-state index contributed by atoms with van der Waals surface area (Å²) < 4.78 is 41.7. The minimum absolute atomic E-state index is 0.0241. The summed E-state index contributed by atoms with van der Waals surface area (Å²) in [6.45, 7) is -1.53. The van der Waals surface area contributed by atoms with Gasteiger partial charge in [0, 0.05) is 13.0 Å². The lowest BCUT2D eigenvalue weighted by Gasteiger charge is -2.13. The van der Waals surface area contributed by atoms with Gasteiger partial charge in [0.1, 0.15) is 6.61 Å². The van der Waals surface area contributed by atoms with Crippen molar-refractivity contribution in [3.05, 3.63) is 42.2 Å². The van der Waals surface area contributed by atoms with Crippen LogP contribution in [0.5, 0.6) is 0 Å². The van der Waals surface area contributed by atoms with Gasteiger partial charge in [0.2, 0.25) is 0 Å². The van der Waals surface area contributed by atoms with E-state index in [9.17, 15) is 18.3 Å². The molecule has 21 heavy (non-hydrogen) atoms. The van der Waals surface area contributed by atoms with Crippen molar-refractivity contribution in [3.8, 4) is 5.69 Å². The Labute approximate surface area is 119 Å². The third-order valence-electron chi connectivity index (χ3n) is 2.72. The molecule has 1 aromatic carbocycles. The summed E-state index contributed by atoms with van der Waals surface area (Å²) >= 11 is 0. The number of nitrogens with zero attached hydrogens (tertiary/aromatic N) is 3. The molecule has 0 radical (unpaired) electrons. The van der Waals surface area contributed by atoms with Gasteiger partial charge in [-0.1, -0.05) is 23.4 Å². The van der Waals surface area contributed by atoms with Gasteiger partial charge >= 0.3 is 6.18 Å². The zero-order chi connectivity index (χ0) is 15.3. The van der Waals surface area contributed by atoms with E-state index in [2.05, 4.69) is 15.0 Å². The standard InChI is InChI=1S/C13H14F3N3O2/c14-13(15,16)9-21-7-6-12(20)11-8-17-18-19(11)10-4-2-1-3-5-10/h1-5,8,12,20H,6-7,9H2. The highest BCUT2D eigenvalue weighted by Gasteiger charge is 2.27. The highest BCUT2D eigenvalue weighted by Crippen LogP contribution is 2.20. The number of hydrogen-bond donors (Lipinski definition) is 1. The Bertz CT molecular complexity index is 557. The van der Waals surface area contributed by atoms with Crippen molar-refractivity contribution < 1.29 is 23.0 Å². The van der Waals surface area contributed by atoms with Crippen LogP contribution in [0.1, 0.15) is 18.2 Å². The maximum atomic E-state index is 11.9. The maximum Gasteiger partial charge on any atom is 0.411 e. The van der Waals surface area contributed by atoms with Crippen molar-refractivity contribution in [1.82, 2.24) is 15.0 Å². The molecule has 0 saturated heterocycles. The van der Waals surface area contributed by atoms with E-state index in [0.29, 0.717) is 11.4 Å². The Morgan fingerprint density at radius 1 is 1.24 bits per heavy atom. The molecular weight excluding hydrogens is 287 g/mol. The molecule has 1 atom stereocenters. The number of aliphatic hydroxyl groups is 1. The molecule has 2 aromatic rings. The average molecular weight is 301 g/mol. The lowest BCUT2D eigenvalue weighted by Crippen LogP contribution is -2.18. The molecule has 0 saturated carbocycles. The van der Waals surface area contributed by atoms with Crippen molar-refractivity contribution in [2.24, 2.45) is 0 Å². The quantitative estimate of drug-likeness (QED) is 0.832. The molecule has 0 bridgehead atoms. The molecule has 0 amide bonds. The average Bonchev–Trinajstić information content (AvgIpc) is 2.93. The molecule has 5 nitrogen and oxygen atoms in total. The number of rotatable bonds is 6. The topological polar surface area (TPSA) is 60.2 Å². The van der Waals surface area contributed by atoms with Gasteiger partial charge in [-0.2, -0.15) is 13.2 Å². The summed E-state index contributed by atoms with van der Waals surface area (Å²) in [6, 6.07) is 9.01. The number of aliphatic hydroxyl groups excluding tert-OH is 1. The van der Waals surface area contributed by atoms with E-state index in [1.165, 1.54) is 10.9 Å². The van der Waals surface area contributed by atoms with Crippen LogP contribution in [0.3, 0.4) is 0 Å². The van der Waals surface area contributed by atoms with E-state index in [0.717, 1.165) is 0 Å². The summed E-state index contributed by atoms with van der Waals surface area (Å²) in [5.74, 6) is 0. The second-order valence-corrected chi connectivity index (χ2v) is 4.38. The van der Waals surface area contributed by atoms with Crippen molar-refractivity contribution in [3.63, 3.8) is 0 Å². The highest BCUT2D eigenvalue weighted by molar-refractivity contribution is 5.31. The predicted octanol–water partition coefficient (Wildman–Crippen LogP) is 2.27. The monoisotopic (exact) mass is 301 g/mol. The Balaban J connectivity index is 1.95. The molecule has 0 aliphatic carbocycles. The summed E-state index contributed by atoms with van der Waals surface area (Å²) in [5, 5.41) is 17.6. The highest BCUT2D eigenvalue weighted by atomic mass is 19.4. The van der Waals surface area contributed by atoms with Crippen LogP contribution in [0.25, 0.3) is 5.69 Å². The molecule has 114 valence electrons. The van der Waals surface area contributed by atoms with Crippen LogP contribution in [0.15, 0.2) is 36.5 Å². The van der Waals surface area contributed by atoms with E-state index >= 15 is 0 Å². The van der Waals surface area contributed by atoms with Gasteiger partial charge in [0.05, 0.1) is 23.7 Å². The maximum absolute atomic E-state index is 11.9. The van der Waals surface area contributed by atoms with Gasteiger partial charge in [-0.25, -0.2) is 4.68 Å². The molecule has 1 aromatic heterocycles. The second-order valence-electron chi connectivity index (χ2n) is 4.38. The van der Waals surface area contributed by atoms with Crippen LogP contribution < -0.4 is 0 Å². The fraction of sp³-hybridized carbons (Fsp3) is 0.385. The number of hydrogen-bond acceptors (Lipinski definition) is 4. The van der Waals surface area contributed by atoms with Gasteiger partial charge in [-0.3, -0.25) is 0 Å².